The van der Waals surface area contributed by atoms with E-state index in [1.165, 1.54) is 13.0 Å². The van der Waals surface area contributed by atoms with Gasteiger partial charge < -0.3 is 44.2 Å². The molecule has 17 heteroatoms. The normalized spacial score (nSPS) is 22.3. The maximum absolute atomic E-state index is 12.7. The predicted molar refractivity (Wildman–Crippen MR) is 148 cm³/mol. The van der Waals surface area contributed by atoms with Crippen molar-refractivity contribution in [2.24, 2.45) is 10.7 Å². The van der Waals surface area contributed by atoms with Gasteiger partial charge in [0.1, 0.15) is 23.9 Å². The van der Waals surface area contributed by atoms with Gasteiger partial charge in [0, 0.05) is 13.5 Å². The van der Waals surface area contributed by atoms with Gasteiger partial charge in [-0.15, -0.1) is 0 Å². The summed E-state index contributed by atoms with van der Waals surface area (Å²) in [5, 5.41) is 7.39. The predicted octanol–water partition coefficient (Wildman–Crippen LogP) is 0.600. The van der Waals surface area contributed by atoms with E-state index in [0.717, 1.165) is 7.11 Å². The van der Waals surface area contributed by atoms with Crippen molar-refractivity contribution in [3.63, 3.8) is 0 Å². The Labute approximate surface area is 249 Å². The van der Waals surface area contributed by atoms with Crippen LogP contribution in [0.4, 0.5) is 14.4 Å². The number of esters is 1. The Balaban J connectivity index is 2.64. The maximum Gasteiger partial charge on any atom is 0.508 e. The highest BCUT2D eigenvalue weighted by Crippen LogP contribution is 2.29. The third-order valence-electron chi connectivity index (χ3n) is 5.31. The molecule has 2 heterocycles. The number of rotatable bonds is 8. The van der Waals surface area contributed by atoms with E-state index >= 15 is 0 Å². The Morgan fingerprint density at radius 1 is 1.05 bits per heavy atom. The average molecular weight is 616 g/mol. The lowest BCUT2D eigenvalue weighted by molar-refractivity contribution is -0.151. The lowest BCUT2D eigenvalue weighted by atomic mass is 9.92. The first-order valence-electron chi connectivity index (χ1n) is 13.4. The number of carbonyl (C=O) groups excluding carboxylic acids is 5. The van der Waals surface area contributed by atoms with E-state index in [9.17, 15) is 24.0 Å². The first-order chi connectivity index (χ1) is 19.9. The lowest BCUT2D eigenvalue weighted by Crippen LogP contribution is -2.61. The molecule has 1 saturated heterocycles. The molecule has 0 saturated carbocycles. The van der Waals surface area contributed by atoms with E-state index in [0.29, 0.717) is 0 Å². The van der Waals surface area contributed by atoms with Gasteiger partial charge >= 0.3 is 24.3 Å². The number of hydrogen-bond acceptors (Lipinski definition) is 14. The highest BCUT2D eigenvalue weighted by atomic mass is 16.8. The summed E-state index contributed by atoms with van der Waals surface area (Å²) in [7, 11) is 1.12. The van der Waals surface area contributed by atoms with Gasteiger partial charge in [-0.25, -0.2) is 24.2 Å². The van der Waals surface area contributed by atoms with Crippen molar-refractivity contribution in [2.45, 2.75) is 90.1 Å². The molecule has 0 aromatic rings. The van der Waals surface area contributed by atoms with Gasteiger partial charge in [-0.1, -0.05) is 0 Å². The summed E-state index contributed by atoms with van der Waals surface area (Å²) in [5.41, 5.74) is 3.82. The van der Waals surface area contributed by atoms with E-state index < -0.39 is 77.8 Å². The monoisotopic (exact) mass is 615 g/mol. The Kier molecular flexibility index (Phi) is 12.1. The molecule has 0 aromatic carbocycles. The third kappa shape index (κ3) is 11.6. The molecule has 5 N–H and O–H groups in total. The van der Waals surface area contributed by atoms with E-state index in [2.05, 4.69) is 20.9 Å². The standard InChI is InChI=1S/C26H41N5O12/c1-13(32)28-17-14(29-21(30-22(34)42-25(2,3)4)31-23(35)43-26(5,6)7)11-15(20(33)37-8)40-19(17)18(38-10-9-27)16-12-39-24(36)41-16/h11,14,16-19H,9-10,12,27H2,1-8H3,(H,28,32)(H2,29,30,31,34,35)/t14-,16+,17+,18+,19+/m0/s1. The molecule has 0 unspecified atom stereocenters. The third-order valence-corrected chi connectivity index (χ3v) is 5.31. The number of nitrogens with two attached hydrogens (primary N) is 1. The van der Waals surface area contributed by atoms with Crippen molar-refractivity contribution in [1.82, 2.24) is 16.0 Å². The van der Waals surface area contributed by atoms with Crippen molar-refractivity contribution < 1.29 is 57.1 Å². The topological polar surface area (TPSA) is 224 Å². The van der Waals surface area contributed by atoms with Crippen LogP contribution in [0.2, 0.25) is 0 Å². The minimum Gasteiger partial charge on any atom is -0.478 e. The summed E-state index contributed by atoms with van der Waals surface area (Å²) in [5.74, 6) is -2.23. The summed E-state index contributed by atoms with van der Waals surface area (Å²) in [6.07, 6.45) is -5.11. The number of hydrogen-bond donors (Lipinski definition) is 4. The number of methoxy groups -OCH3 is 1. The summed E-state index contributed by atoms with van der Waals surface area (Å²) in [6.45, 7) is 10.8. The molecule has 0 aliphatic carbocycles. The van der Waals surface area contributed by atoms with Crippen molar-refractivity contribution in [1.29, 1.82) is 0 Å². The second-order valence-corrected chi connectivity index (χ2v) is 11.4. The van der Waals surface area contributed by atoms with Gasteiger partial charge in [-0.05, 0) is 47.6 Å². The molecule has 0 radical (unpaired) electrons. The zero-order valence-corrected chi connectivity index (χ0v) is 25.5. The molecule has 242 valence electrons. The number of nitrogens with zero attached hydrogens (tertiary/aromatic N) is 1. The highest BCUT2D eigenvalue weighted by Gasteiger charge is 2.48. The molecule has 2 rings (SSSR count). The largest absolute Gasteiger partial charge is 0.508 e. The number of nitrogens with one attached hydrogen (secondary N) is 3. The van der Waals surface area contributed by atoms with Crippen LogP contribution in [0.5, 0.6) is 0 Å². The second kappa shape index (κ2) is 14.9. The minimum atomic E-state index is -1.26. The van der Waals surface area contributed by atoms with Crippen LogP contribution in [0.1, 0.15) is 48.5 Å². The molecule has 2 aliphatic heterocycles. The minimum absolute atomic E-state index is 0.0256. The Morgan fingerprint density at radius 2 is 1.63 bits per heavy atom. The van der Waals surface area contributed by atoms with Gasteiger partial charge in [-0.3, -0.25) is 15.4 Å². The van der Waals surface area contributed by atoms with Crippen LogP contribution in [0.15, 0.2) is 16.8 Å². The van der Waals surface area contributed by atoms with Gasteiger partial charge in [0.25, 0.3) is 0 Å². The number of carbonyl (C=O) groups is 5. The molecule has 5 atom stereocenters. The molecule has 17 nitrogen and oxygen atoms in total. The smallest absolute Gasteiger partial charge is 0.478 e. The van der Waals surface area contributed by atoms with Gasteiger partial charge in [0.05, 0.1) is 25.8 Å². The molecule has 2 aliphatic rings. The fourth-order valence-electron chi connectivity index (χ4n) is 3.89. The van der Waals surface area contributed by atoms with Gasteiger partial charge in [-0.2, -0.15) is 0 Å². The fraction of sp³-hybridized carbons (Fsp3) is 0.692. The van der Waals surface area contributed by atoms with E-state index in [1.807, 2.05) is 0 Å². The molecule has 0 aromatic heterocycles. The molecular formula is C26H41N5O12. The van der Waals surface area contributed by atoms with Crippen LogP contribution in [0.25, 0.3) is 0 Å². The molecule has 3 amide bonds. The average Bonchev–Trinajstić information content (AvgIpc) is 3.28. The van der Waals surface area contributed by atoms with Crippen LogP contribution in [0, 0.1) is 0 Å². The first kappa shape index (κ1) is 35.1. The number of cyclic esters (lactones) is 2. The maximum atomic E-state index is 12.7. The van der Waals surface area contributed by atoms with E-state index in [4.69, 9.17) is 38.9 Å². The molecule has 43 heavy (non-hydrogen) atoms. The fourth-order valence-corrected chi connectivity index (χ4v) is 3.89. The zero-order valence-electron chi connectivity index (χ0n) is 25.5. The summed E-state index contributed by atoms with van der Waals surface area (Å²) < 4.78 is 37.3. The van der Waals surface area contributed by atoms with Crippen LogP contribution < -0.4 is 21.7 Å². The van der Waals surface area contributed by atoms with Crippen molar-refractivity contribution >= 4 is 36.2 Å². The van der Waals surface area contributed by atoms with Crippen molar-refractivity contribution in [3.8, 4) is 0 Å². The Morgan fingerprint density at radius 3 is 2.07 bits per heavy atom. The molecule has 0 bridgehead atoms. The second-order valence-electron chi connectivity index (χ2n) is 11.4. The number of ether oxygens (including phenoxy) is 7. The molecular weight excluding hydrogens is 574 g/mol. The molecule has 0 spiro atoms. The number of amides is 3. The number of guanidine groups is 1. The number of alkyl carbamates (subject to hydrolysis) is 2. The van der Waals surface area contributed by atoms with E-state index in [1.54, 1.807) is 41.5 Å². The lowest BCUT2D eigenvalue weighted by Gasteiger charge is -2.40. The summed E-state index contributed by atoms with van der Waals surface area (Å²) >= 11 is 0. The first-order valence-corrected chi connectivity index (χ1v) is 13.4. The molecule has 1 fully saturated rings. The summed E-state index contributed by atoms with van der Waals surface area (Å²) in [6, 6.07) is -2.36. The Hall–Kier alpha value is -4.12. The Bertz CT molecular complexity index is 1080. The van der Waals surface area contributed by atoms with E-state index in [-0.39, 0.29) is 25.5 Å². The van der Waals surface area contributed by atoms with Crippen molar-refractivity contribution in [2.75, 3.05) is 26.9 Å². The van der Waals surface area contributed by atoms with Gasteiger partial charge in [0.15, 0.2) is 12.2 Å². The number of aliphatic imine (C=N–C) groups is 1. The van der Waals surface area contributed by atoms with Gasteiger partial charge in [0.2, 0.25) is 17.6 Å². The highest BCUT2D eigenvalue weighted by molar-refractivity contribution is 6.01. The summed E-state index contributed by atoms with van der Waals surface area (Å²) in [4.78, 5) is 66.5. The zero-order chi connectivity index (χ0) is 32.5. The van der Waals surface area contributed by atoms with Crippen molar-refractivity contribution in [3.05, 3.63) is 11.8 Å². The SMILES string of the molecule is COC(=O)C1=C[C@H](N=C(NC(=O)OC(C)(C)C)NC(=O)OC(C)(C)C)[C@@H](NC(C)=O)[C@H]([C@H](OCCN)[C@H]2COC(=O)O2)O1. The quantitative estimate of drug-likeness (QED) is 0.127. The van der Waals surface area contributed by atoms with Crippen LogP contribution in [-0.2, 0) is 42.7 Å². The van der Waals surface area contributed by atoms with Crippen LogP contribution in [-0.4, -0.2) is 105 Å². The van der Waals surface area contributed by atoms with Crippen LogP contribution in [0.3, 0.4) is 0 Å². The van der Waals surface area contributed by atoms with Crippen LogP contribution >= 0.6 is 0 Å².